The Labute approximate surface area is 252 Å². The zero-order valence-corrected chi connectivity index (χ0v) is 24.5. The smallest absolute Gasteiger partial charge is 0.322 e. The van der Waals surface area contributed by atoms with E-state index in [4.69, 9.17) is 5.73 Å². The summed E-state index contributed by atoms with van der Waals surface area (Å²) in [5.41, 5.74) is 8.48. The van der Waals surface area contributed by atoms with Crippen molar-refractivity contribution in [3.63, 3.8) is 0 Å². The monoisotopic (exact) mass is 589 g/mol. The Kier molecular flexibility index (Phi) is 10.0. The number of amides is 3. The molecule has 0 bridgehead atoms. The summed E-state index contributed by atoms with van der Waals surface area (Å²) in [6, 6.07) is 21.0. The number of anilines is 1. The normalized spacial score (nSPS) is 16.9. The van der Waals surface area contributed by atoms with Crippen LogP contribution in [0.3, 0.4) is 0 Å². The number of hydrogen-bond donors (Lipinski definition) is 3. The molecule has 2 aliphatic heterocycles. The molecular weight excluding hydrogens is 548 g/mol. The van der Waals surface area contributed by atoms with Gasteiger partial charge in [0, 0.05) is 43.3 Å². The number of unbranched alkanes of at least 4 members (excludes halogenated alkanes) is 3. The van der Waals surface area contributed by atoms with E-state index in [0.717, 1.165) is 80.6 Å². The molecule has 9 heteroatoms. The van der Waals surface area contributed by atoms with Crippen molar-refractivity contribution in [1.82, 2.24) is 15.5 Å². The Hall–Kier alpha value is -3.82. The Morgan fingerprint density at radius 2 is 1.65 bits per heavy atom. The molecule has 2 heterocycles. The Morgan fingerprint density at radius 3 is 2.40 bits per heavy atom. The van der Waals surface area contributed by atoms with Gasteiger partial charge in [0.1, 0.15) is 0 Å². The largest absolute Gasteiger partial charge is 0.348 e. The van der Waals surface area contributed by atoms with E-state index in [-0.39, 0.29) is 17.6 Å². The standard InChI is InChI=1S/C34H41F2N5O2/c35-29-15-14-26(23-30(29)36)32(42)38-27(22-25-10-4-3-5-11-25)24-40-20-16-34(17-21-40)28-12-6-7-13-31(28)41(33(43)39-34)19-9-2-1-8-18-37/h3-7,10-15,23,27H,1-2,8-9,16-22,24,37H2,(H,38,42)(H,39,43)/t27-/m0/s1. The van der Waals surface area contributed by atoms with Gasteiger partial charge in [-0.3, -0.25) is 9.69 Å². The molecule has 3 amide bonds. The molecule has 4 N–H and O–H groups in total. The number of rotatable bonds is 12. The highest BCUT2D eigenvalue weighted by molar-refractivity contribution is 5.96. The number of piperidine rings is 1. The fourth-order valence-corrected chi connectivity index (χ4v) is 6.34. The molecule has 1 saturated heterocycles. The van der Waals surface area contributed by atoms with Crippen LogP contribution in [0.15, 0.2) is 72.8 Å². The summed E-state index contributed by atoms with van der Waals surface area (Å²) in [5, 5.41) is 6.43. The number of benzene rings is 3. The van der Waals surface area contributed by atoms with Gasteiger partial charge in [-0.05, 0) is 68.5 Å². The van der Waals surface area contributed by atoms with E-state index in [1.165, 1.54) is 6.07 Å². The zero-order chi connectivity index (χ0) is 30.2. The third-order valence-corrected chi connectivity index (χ3v) is 8.67. The van der Waals surface area contributed by atoms with Gasteiger partial charge in [-0.2, -0.15) is 0 Å². The molecule has 1 spiro atoms. The SMILES string of the molecule is NCCCCCCN1C(=O)NC2(CCN(C[C@H](Cc3ccccc3)NC(=O)c3ccc(F)c(F)c3)CC2)c2ccccc21. The number of likely N-dealkylation sites (tertiary alicyclic amines) is 1. The zero-order valence-electron chi connectivity index (χ0n) is 24.5. The van der Waals surface area contributed by atoms with Crippen LogP contribution < -0.4 is 21.3 Å². The van der Waals surface area contributed by atoms with Gasteiger partial charge in [0.15, 0.2) is 11.6 Å². The van der Waals surface area contributed by atoms with Gasteiger partial charge in [0.25, 0.3) is 5.91 Å². The van der Waals surface area contributed by atoms with Crippen molar-refractivity contribution in [2.45, 2.75) is 56.5 Å². The van der Waals surface area contributed by atoms with Crippen molar-refractivity contribution in [2.75, 3.05) is 37.6 Å². The molecular formula is C34H41F2N5O2. The predicted octanol–water partition coefficient (Wildman–Crippen LogP) is 5.35. The summed E-state index contributed by atoms with van der Waals surface area (Å²) in [5.74, 6) is -2.47. The van der Waals surface area contributed by atoms with Crippen molar-refractivity contribution >= 4 is 17.6 Å². The first-order chi connectivity index (χ1) is 20.9. The van der Waals surface area contributed by atoms with Crippen molar-refractivity contribution in [1.29, 1.82) is 0 Å². The first-order valence-electron chi connectivity index (χ1n) is 15.3. The number of halogens is 2. The van der Waals surface area contributed by atoms with Gasteiger partial charge in [-0.25, -0.2) is 13.6 Å². The number of carbonyl (C=O) groups excluding carboxylic acids is 2. The van der Waals surface area contributed by atoms with Crippen LogP contribution in [-0.2, 0) is 12.0 Å². The first-order valence-corrected chi connectivity index (χ1v) is 15.3. The molecule has 0 unspecified atom stereocenters. The van der Waals surface area contributed by atoms with Gasteiger partial charge in [-0.15, -0.1) is 0 Å². The van der Waals surface area contributed by atoms with Crippen LogP contribution in [0.4, 0.5) is 19.3 Å². The van der Waals surface area contributed by atoms with E-state index in [9.17, 15) is 18.4 Å². The highest BCUT2D eigenvalue weighted by Gasteiger charge is 2.44. The molecule has 1 fully saturated rings. The molecule has 3 aromatic carbocycles. The average molecular weight is 590 g/mol. The Morgan fingerprint density at radius 1 is 0.930 bits per heavy atom. The second kappa shape index (κ2) is 14.1. The molecule has 1 atom stereocenters. The van der Waals surface area contributed by atoms with Crippen LogP contribution in [0.5, 0.6) is 0 Å². The van der Waals surface area contributed by atoms with E-state index >= 15 is 0 Å². The molecule has 43 heavy (non-hydrogen) atoms. The van der Waals surface area contributed by atoms with E-state index in [1.807, 2.05) is 53.4 Å². The van der Waals surface area contributed by atoms with Crippen LogP contribution in [0.25, 0.3) is 0 Å². The highest BCUT2D eigenvalue weighted by Crippen LogP contribution is 2.42. The maximum Gasteiger partial charge on any atom is 0.322 e. The second-order valence-corrected chi connectivity index (χ2v) is 11.7. The topological polar surface area (TPSA) is 90.7 Å². The molecule has 0 aliphatic carbocycles. The lowest BCUT2D eigenvalue weighted by Gasteiger charge is -2.48. The lowest BCUT2D eigenvalue weighted by Crippen LogP contribution is -2.61. The Balaban J connectivity index is 1.26. The van der Waals surface area contributed by atoms with Crippen molar-refractivity contribution < 1.29 is 18.4 Å². The summed E-state index contributed by atoms with van der Waals surface area (Å²) in [4.78, 5) is 30.6. The number of nitrogens with two attached hydrogens (primary N) is 1. The number of hydrogen-bond acceptors (Lipinski definition) is 4. The quantitative estimate of drug-likeness (QED) is 0.249. The van der Waals surface area contributed by atoms with Crippen LogP contribution >= 0.6 is 0 Å². The summed E-state index contributed by atoms with van der Waals surface area (Å²) in [6.07, 6.45) is 6.13. The van der Waals surface area contributed by atoms with E-state index < -0.39 is 23.1 Å². The number of nitrogens with zero attached hydrogens (tertiary/aromatic N) is 2. The number of urea groups is 1. The maximum atomic E-state index is 13.8. The third kappa shape index (κ3) is 7.40. The van der Waals surface area contributed by atoms with Gasteiger partial charge in [0.2, 0.25) is 0 Å². The molecule has 5 rings (SSSR count). The van der Waals surface area contributed by atoms with Crippen molar-refractivity contribution in [3.05, 3.63) is 101 Å². The van der Waals surface area contributed by atoms with Crippen molar-refractivity contribution in [2.24, 2.45) is 5.73 Å². The minimum Gasteiger partial charge on any atom is -0.348 e. The fraction of sp³-hybridized carbons (Fsp3) is 0.412. The molecule has 0 radical (unpaired) electrons. The first kappa shape index (κ1) is 30.6. The van der Waals surface area contributed by atoms with Crippen LogP contribution in [-0.4, -0.2) is 55.6 Å². The minimum absolute atomic E-state index is 0.0493. The van der Waals surface area contributed by atoms with Crippen molar-refractivity contribution in [3.8, 4) is 0 Å². The molecule has 2 aliphatic rings. The molecule has 7 nitrogen and oxygen atoms in total. The maximum absolute atomic E-state index is 13.8. The number of carbonyl (C=O) groups is 2. The van der Waals surface area contributed by atoms with E-state index in [1.54, 1.807) is 0 Å². The molecule has 228 valence electrons. The second-order valence-electron chi connectivity index (χ2n) is 11.7. The highest BCUT2D eigenvalue weighted by atomic mass is 19.2. The Bertz CT molecular complexity index is 1390. The number of nitrogens with one attached hydrogen (secondary N) is 2. The van der Waals surface area contributed by atoms with Crippen LogP contribution in [0, 0.1) is 11.6 Å². The molecule has 0 saturated carbocycles. The summed E-state index contributed by atoms with van der Waals surface area (Å²) >= 11 is 0. The molecule has 0 aromatic heterocycles. The van der Waals surface area contributed by atoms with E-state index in [0.29, 0.717) is 26.1 Å². The summed E-state index contributed by atoms with van der Waals surface area (Å²) in [6.45, 7) is 3.43. The van der Waals surface area contributed by atoms with E-state index in [2.05, 4.69) is 21.6 Å². The van der Waals surface area contributed by atoms with Crippen LogP contribution in [0.1, 0.15) is 60.0 Å². The fourth-order valence-electron chi connectivity index (χ4n) is 6.34. The van der Waals surface area contributed by atoms with Gasteiger partial charge < -0.3 is 21.3 Å². The van der Waals surface area contributed by atoms with Gasteiger partial charge >= 0.3 is 6.03 Å². The number of fused-ring (bicyclic) bond motifs is 2. The van der Waals surface area contributed by atoms with Gasteiger partial charge in [-0.1, -0.05) is 61.4 Å². The third-order valence-electron chi connectivity index (χ3n) is 8.67. The average Bonchev–Trinajstić information content (AvgIpc) is 3.01. The number of para-hydroxylation sites is 1. The minimum atomic E-state index is -1.05. The summed E-state index contributed by atoms with van der Waals surface area (Å²) in [7, 11) is 0. The molecule has 3 aromatic rings. The predicted molar refractivity (Wildman–Crippen MR) is 165 cm³/mol. The van der Waals surface area contributed by atoms with Crippen LogP contribution in [0.2, 0.25) is 0 Å². The lowest BCUT2D eigenvalue weighted by molar-refractivity contribution is 0.0897. The van der Waals surface area contributed by atoms with Gasteiger partial charge in [0.05, 0.1) is 11.2 Å². The lowest BCUT2D eigenvalue weighted by atomic mass is 9.78. The summed E-state index contributed by atoms with van der Waals surface area (Å²) < 4.78 is 27.3.